The number of sulfonamides is 1. The molecule has 1 aromatic rings. The second-order valence-electron chi connectivity index (χ2n) is 5.07. The Morgan fingerprint density at radius 2 is 1.77 bits per heavy atom. The normalized spacial score (nSPS) is 12.3. The molecule has 0 fully saturated rings. The first-order valence-corrected chi connectivity index (χ1v) is 9.16. The average molecular weight is 510 g/mol. The van der Waals surface area contributed by atoms with Gasteiger partial charge in [0, 0.05) is 26.7 Å². The van der Waals surface area contributed by atoms with E-state index in [1.165, 1.54) is 12.1 Å². The fourth-order valence-electron chi connectivity index (χ4n) is 1.69. The fourth-order valence-corrected chi connectivity index (χ4v) is 2.17. The van der Waals surface area contributed by atoms with Crippen LogP contribution in [0.1, 0.15) is 5.56 Å². The summed E-state index contributed by atoms with van der Waals surface area (Å²) < 4.78 is 65.0. The van der Waals surface area contributed by atoms with E-state index in [0.717, 1.165) is 11.8 Å². The fraction of sp³-hybridized carbons (Fsp3) is 0.500. The molecule has 0 atom stereocenters. The molecule has 0 bridgehead atoms. The Kier molecular flexibility index (Phi) is 10.9. The number of halogens is 4. The smallest absolute Gasteiger partial charge is 0.422 e. The Hall–Kier alpha value is -1.28. The van der Waals surface area contributed by atoms with E-state index in [0.29, 0.717) is 19.0 Å². The second-order valence-corrected chi connectivity index (χ2v) is 6.90. The van der Waals surface area contributed by atoms with E-state index in [1.807, 2.05) is 0 Å². The number of alkyl halides is 3. The number of rotatable bonds is 8. The van der Waals surface area contributed by atoms with Crippen molar-refractivity contribution in [2.24, 2.45) is 4.99 Å². The van der Waals surface area contributed by atoms with Crippen LogP contribution in [0.5, 0.6) is 5.75 Å². The van der Waals surface area contributed by atoms with Gasteiger partial charge in [0.1, 0.15) is 5.75 Å². The molecule has 3 N–H and O–H groups in total. The predicted octanol–water partition coefficient (Wildman–Crippen LogP) is 1.46. The molecule has 12 heteroatoms. The van der Waals surface area contributed by atoms with Crippen molar-refractivity contribution in [3.63, 3.8) is 0 Å². The van der Waals surface area contributed by atoms with Gasteiger partial charge in [-0.1, -0.05) is 12.1 Å². The third-order valence-corrected chi connectivity index (χ3v) is 3.52. The summed E-state index contributed by atoms with van der Waals surface area (Å²) in [6, 6.07) is 6.18. The topological polar surface area (TPSA) is 91.8 Å². The van der Waals surface area contributed by atoms with Crippen molar-refractivity contribution >= 4 is 40.0 Å². The Morgan fingerprint density at radius 3 is 2.27 bits per heavy atom. The van der Waals surface area contributed by atoms with Crippen LogP contribution in [0, 0.1) is 0 Å². The van der Waals surface area contributed by atoms with Crippen molar-refractivity contribution < 1.29 is 26.3 Å². The van der Waals surface area contributed by atoms with Crippen LogP contribution in [-0.2, 0) is 16.6 Å². The molecule has 0 spiro atoms. The molecule has 26 heavy (non-hydrogen) atoms. The summed E-state index contributed by atoms with van der Waals surface area (Å²) in [4.78, 5) is 3.98. The van der Waals surface area contributed by atoms with Crippen LogP contribution in [0.4, 0.5) is 13.2 Å². The number of aliphatic imine (C=N–C) groups is 1. The Bertz CT molecular complexity index is 667. The number of ether oxygens (including phenoxy) is 1. The van der Waals surface area contributed by atoms with Crippen LogP contribution < -0.4 is 20.1 Å². The first-order chi connectivity index (χ1) is 11.6. The SMILES string of the molecule is CN=C(NCCNS(C)(=O)=O)NCc1ccc(OCC(F)(F)F)cc1.I. The van der Waals surface area contributed by atoms with E-state index in [9.17, 15) is 21.6 Å². The molecular formula is C14H22F3IN4O3S. The van der Waals surface area contributed by atoms with Crippen molar-refractivity contribution in [1.82, 2.24) is 15.4 Å². The Morgan fingerprint density at radius 1 is 1.15 bits per heavy atom. The van der Waals surface area contributed by atoms with E-state index in [2.05, 4.69) is 25.1 Å². The van der Waals surface area contributed by atoms with Gasteiger partial charge in [-0.25, -0.2) is 13.1 Å². The zero-order valence-corrected chi connectivity index (χ0v) is 17.4. The van der Waals surface area contributed by atoms with Crippen LogP contribution in [0.15, 0.2) is 29.3 Å². The largest absolute Gasteiger partial charge is 0.484 e. The van der Waals surface area contributed by atoms with Crippen molar-refractivity contribution in [2.75, 3.05) is 33.0 Å². The average Bonchev–Trinajstić information content (AvgIpc) is 2.51. The molecular weight excluding hydrogens is 488 g/mol. The molecule has 0 radical (unpaired) electrons. The predicted molar refractivity (Wildman–Crippen MR) is 104 cm³/mol. The molecule has 0 aliphatic carbocycles. The van der Waals surface area contributed by atoms with Crippen LogP contribution in [0.2, 0.25) is 0 Å². The zero-order valence-electron chi connectivity index (χ0n) is 14.3. The van der Waals surface area contributed by atoms with Crippen LogP contribution >= 0.6 is 24.0 Å². The molecule has 0 saturated heterocycles. The van der Waals surface area contributed by atoms with E-state index < -0.39 is 22.8 Å². The highest BCUT2D eigenvalue weighted by Crippen LogP contribution is 2.18. The third kappa shape index (κ3) is 12.1. The highest BCUT2D eigenvalue weighted by molar-refractivity contribution is 14.0. The number of nitrogens with zero attached hydrogens (tertiary/aromatic N) is 1. The molecule has 0 aliphatic rings. The zero-order chi connectivity index (χ0) is 18.9. The van der Waals surface area contributed by atoms with Crippen molar-refractivity contribution in [3.8, 4) is 5.75 Å². The molecule has 0 saturated carbocycles. The van der Waals surface area contributed by atoms with E-state index in [1.54, 1.807) is 19.2 Å². The molecule has 0 amide bonds. The highest BCUT2D eigenvalue weighted by atomic mass is 127. The van der Waals surface area contributed by atoms with Crippen molar-refractivity contribution in [3.05, 3.63) is 29.8 Å². The van der Waals surface area contributed by atoms with Gasteiger partial charge in [0.05, 0.1) is 6.26 Å². The first kappa shape index (κ1) is 24.7. The molecule has 0 heterocycles. The minimum Gasteiger partial charge on any atom is -0.484 e. The molecule has 150 valence electrons. The maximum Gasteiger partial charge on any atom is 0.422 e. The molecule has 0 aromatic heterocycles. The number of nitrogens with one attached hydrogen (secondary N) is 3. The second kappa shape index (κ2) is 11.4. The number of guanidine groups is 1. The minimum atomic E-state index is -4.37. The van der Waals surface area contributed by atoms with Gasteiger partial charge in [0.25, 0.3) is 0 Å². The lowest BCUT2D eigenvalue weighted by Crippen LogP contribution is -2.41. The van der Waals surface area contributed by atoms with Crippen molar-refractivity contribution in [1.29, 1.82) is 0 Å². The summed E-state index contributed by atoms with van der Waals surface area (Å²) in [5, 5.41) is 5.92. The summed E-state index contributed by atoms with van der Waals surface area (Å²) in [6.45, 7) is -0.386. The van der Waals surface area contributed by atoms with Gasteiger partial charge in [-0.3, -0.25) is 4.99 Å². The summed E-state index contributed by atoms with van der Waals surface area (Å²) in [5.74, 6) is 0.600. The molecule has 1 aromatic carbocycles. The summed E-state index contributed by atoms with van der Waals surface area (Å²) in [5.41, 5.74) is 0.816. The monoisotopic (exact) mass is 510 g/mol. The third-order valence-electron chi connectivity index (χ3n) is 2.79. The lowest BCUT2D eigenvalue weighted by Gasteiger charge is -2.13. The van der Waals surface area contributed by atoms with E-state index >= 15 is 0 Å². The van der Waals surface area contributed by atoms with Gasteiger partial charge >= 0.3 is 6.18 Å². The number of hydrogen-bond donors (Lipinski definition) is 3. The summed E-state index contributed by atoms with van der Waals surface area (Å²) in [6.07, 6.45) is -3.30. The quantitative estimate of drug-likeness (QED) is 0.213. The summed E-state index contributed by atoms with van der Waals surface area (Å²) in [7, 11) is -1.67. The van der Waals surface area contributed by atoms with Crippen LogP contribution in [0.25, 0.3) is 0 Å². The van der Waals surface area contributed by atoms with Crippen molar-refractivity contribution in [2.45, 2.75) is 12.7 Å². The molecule has 7 nitrogen and oxygen atoms in total. The number of hydrogen-bond acceptors (Lipinski definition) is 4. The van der Waals surface area contributed by atoms with Gasteiger partial charge in [-0.05, 0) is 17.7 Å². The molecule has 1 rings (SSSR count). The first-order valence-electron chi connectivity index (χ1n) is 7.27. The maximum absolute atomic E-state index is 12.1. The summed E-state index contributed by atoms with van der Waals surface area (Å²) >= 11 is 0. The van der Waals surface area contributed by atoms with E-state index in [4.69, 9.17) is 0 Å². The van der Waals surface area contributed by atoms with Crippen LogP contribution in [0.3, 0.4) is 0 Å². The highest BCUT2D eigenvalue weighted by Gasteiger charge is 2.28. The van der Waals surface area contributed by atoms with Gasteiger partial charge < -0.3 is 15.4 Å². The van der Waals surface area contributed by atoms with Gasteiger partial charge in [-0.2, -0.15) is 13.2 Å². The number of benzene rings is 1. The van der Waals surface area contributed by atoms with Gasteiger partial charge in [0.15, 0.2) is 12.6 Å². The maximum atomic E-state index is 12.1. The van der Waals surface area contributed by atoms with Gasteiger partial charge in [0.2, 0.25) is 10.0 Å². The Labute approximate surface area is 167 Å². The standard InChI is InChI=1S/C14H21F3N4O3S.HI/c1-18-13(19-7-8-21-25(2,22)23)20-9-11-3-5-12(6-4-11)24-10-14(15,16)17;/h3-6,21H,7-10H2,1-2H3,(H2,18,19,20);1H. The molecule has 0 aliphatic heterocycles. The molecule has 0 unspecified atom stereocenters. The van der Waals surface area contributed by atoms with Gasteiger partial charge in [-0.15, -0.1) is 24.0 Å². The van der Waals surface area contributed by atoms with Crippen LogP contribution in [-0.4, -0.2) is 53.6 Å². The lowest BCUT2D eigenvalue weighted by atomic mass is 10.2. The Balaban J connectivity index is 0.00000625. The van der Waals surface area contributed by atoms with E-state index in [-0.39, 0.29) is 36.3 Å². The minimum absolute atomic E-state index is 0. The lowest BCUT2D eigenvalue weighted by molar-refractivity contribution is -0.153.